The van der Waals surface area contributed by atoms with Gasteiger partial charge in [-0.3, -0.25) is 0 Å². The highest BCUT2D eigenvalue weighted by atomic mass is 16.6. The summed E-state index contributed by atoms with van der Waals surface area (Å²) < 4.78 is 6.76. The molecule has 0 spiro atoms. The Morgan fingerprint density at radius 2 is 1.78 bits per heavy atom. The van der Waals surface area contributed by atoms with Crippen LogP contribution in [0.4, 0.5) is 0 Å². The summed E-state index contributed by atoms with van der Waals surface area (Å²) >= 11 is 0. The number of hydrogen-bond donors (Lipinski definition) is 1. The molecule has 32 heavy (non-hydrogen) atoms. The molecule has 0 bridgehead atoms. The van der Waals surface area contributed by atoms with E-state index in [1.54, 1.807) is 12.4 Å². The van der Waals surface area contributed by atoms with Gasteiger partial charge < -0.3 is 14.3 Å². The van der Waals surface area contributed by atoms with Crippen LogP contribution in [0, 0.1) is 5.92 Å². The summed E-state index contributed by atoms with van der Waals surface area (Å²) in [7, 11) is 2.24. The van der Waals surface area contributed by atoms with E-state index in [1.165, 1.54) is 6.42 Å². The number of benzene rings is 1. The first-order chi connectivity index (χ1) is 15.5. The van der Waals surface area contributed by atoms with E-state index in [-0.39, 0.29) is 12.0 Å². The Bertz CT molecular complexity index is 872. The predicted molar refractivity (Wildman–Crippen MR) is 123 cm³/mol. The Labute approximate surface area is 191 Å². The molecule has 1 aliphatic carbocycles. The summed E-state index contributed by atoms with van der Waals surface area (Å²) in [4.78, 5) is 22.1. The van der Waals surface area contributed by atoms with Gasteiger partial charge in [-0.1, -0.05) is 49.6 Å². The smallest absolute Gasteiger partial charge is 0.343 e. The van der Waals surface area contributed by atoms with Gasteiger partial charge >= 0.3 is 5.97 Å². The van der Waals surface area contributed by atoms with Crippen LogP contribution in [0.5, 0.6) is 0 Å². The van der Waals surface area contributed by atoms with Crippen LogP contribution in [-0.4, -0.2) is 58.3 Å². The van der Waals surface area contributed by atoms with Gasteiger partial charge in [0.2, 0.25) is 0 Å². The van der Waals surface area contributed by atoms with Crippen molar-refractivity contribution in [1.29, 1.82) is 0 Å². The molecule has 2 fully saturated rings. The first-order valence-electron chi connectivity index (χ1n) is 12.1. The van der Waals surface area contributed by atoms with E-state index in [1.807, 2.05) is 36.4 Å². The van der Waals surface area contributed by atoms with E-state index in [9.17, 15) is 9.90 Å². The lowest BCUT2D eigenvalue weighted by Crippen LogP contribution is -2.52. The van der Waals surface area contributed by atoms with Crippen LogP contribution >= 0.6 is 0 Å². The van der Waals surface area contributed by atoms with Gasteiger partial charge in [-0.05, 0) is 24.5 Å². The standard InChI is InChI=1S/C26H36N3O3/c1-29(19-15-24-27-16-9-17-28-24)18-8-14-23(29)20-32-25(30)26(31,21-10-4-2-5-11-21)22-12-6-3-7-13-22/h2,4-5,9-11,16-17,22-23,31H,3,6-8,12-15,18-20H2,1H3/q+1/t23?,26-,29?/m0/s1. The van der Waals surface area contributed by atoms with E-state index in [4.69, 9.17) is 4.74 Å². The van der Waals surface area contributed by atoms with Crippen LogP contribution in [0.15, 0.2) is 48.8 Å². The molecule has 172 valence electrons. The maximum atomic E-state index is 13.4. The highest BCUT2D eigenvalue weighted by molar-refractivity contribution is 5.81. The Morgan fingerprint density at radius 1 is 1.06 bits per heavy atom. The van der Waals surface area contributed by atoms with Crippen molar-refractivity contribution in [1.82, 2.24) is 9.97 Å². The zero-order valence-corrected chi connectivity index (χ0v) is 19.2. The number of carbonyl (C=O) groups is 1. The number of esters is 1. The minimum absolute atomic E-state index is 0.0918. The normalized spacial score (nSPS) is 25.9. The molecule has 6 heteroatoms. The van der Waals surface area contributed by atoms with Gasteiger partial charge in [0.05, 0.1) is 26.6 Å². The van der Waals surface area contributed by atoms with Crippen molar-refractivity contribution in [3.8, 4) is 0 Å². The quantitative estimate of drug-likeness (QED) is 0.503. The second kappa shape index (κ2) is 10.1. The molecule has 2 aromatic rings. The van der Waals surface area contributed by atoms with Gasteiger partial charge in [0.25, 0.3) is 0 Å². The molecule has 1 saturated carbocycles. The molecule has 1 N–H and O–H groups in total. The molecule has 0 radical (unpaired) electrons. The Hall–Kier alpha value is -2.31. The molecule has 1 aromatic heterocycles. The molecule has 2 heterocycles. The van der Waals surface area contributed by atoms with Gasteiger partial charge in [0.1, 0.15) is 18.5 Å². The number of hydrogen-bond acceptors (Lipinski definition) is 5. The fourth-order valence-electron chi connectivity index (χ4n) is 5.57. The molecule has 1 saturated heterocycles. The number of nitrogens with zero attached hydrogens (tertiary/aromatic N) is 3. The van der Waals surface area contributed by atoms with E-state index in [0.29, 0.717) is 12.2 Å². The van der Waals surface area contributed by atoms with Gasteiger partial charge in [0.15, 0.2) is 5.60 Å². The van der Waals surface area contributed by atoms with Crippen molar-refractivity contribution in [3.63, 3.8) is 0 Å². The highest BCUT2D eigenvalue weighted by Gasteiger charge is 2.48. The van der Waals surface area contributed by atoms with Crippen LogP contribution in [0.2, 0.25) is 0 Å². The predicted octanol–water partition coefficient (Wildman–Crippen LogP) is 3.64. The third-order valence-electron chi connectivity index (χ3n) is 7.68. The largest absolute Gasteiger partial charge is 0.457 e. The average molecular weight is 439 g/mol. The number of quaternary nitrogens is 1. The second-order valence-electron chi connectivity index (χ2n) is 9.70. The number of ether oxygens (including phenoxy) is 1. The lowest BCUT2D eigenvalue weighted by atomic mass is 9.73. The minimum Gasteiger partial charge on any atom is -0.457 e. The minimum atomic E-state index is -1.57. The summed E-state index contributed by atoms with van der Waals surface area (Å²) in [6.07, 6.45) is 11.5. The van der Waals surface area contributed by atoms with E-state index in [0.717, 1.165) is 68.3 Å². The van der Waals surface area contributed by atoms with Gasteiger partial charge in [-0.25, -0.2) is 14.8 Å². The molecule has 3 atom stereocenters. The van der Waals surface area contributed by atoms with E-state index < -0.39 is 11.6 Å². The number of likely N-dealkylation sites (N-methyl/N-ethyl adjacent to an activating group) is 1. The zero-order chi connectivity index (χ0) is 22.4. The number of aromatic nitrogens is 2. The Kier molecular flexibility index (Phi) is 7.21. The van der Waals surface area contributed by atoms with E-state index in [2.05, 4.69) is 17.0 Å². The van der Waals surface area contributed by atoms with Crippen molar-refractivity contribution < 1.29 is 19.1 Å². The summed E-state index contributed by atoms with van der Waals surface area (Å²) in [5.74, 6) is 0.275. The summed E-state index contributed by atoms with van der Waals surface area (Å²) in [6, 6.07) is 11.4. The molecule has 1 aliphatic heterocycles. The lowest BCUT2D eigenvalue weighted by Gasteiger charge is -2.38. The third-order valence-corrected chi connectivity index (χ3v) is 7.68. The van der Waals surface area contributed by atoms with Crippen molar-refractivity contribution in [3.05, 3.63) is 60.2 Å². The first kappa shape index (κ1) is 22.9. The van der Waals surface area contributed by atoms with Gasteiger partial charge in [-0.2, -0.15) is 0 Å². The van der Waals surface area contributed by atoms with Crippen LogP contribution in [0.1, 0.15) is 56.3 Å². The maximum absolute atomic E-state index is 13.4. The molecule has 2 unspecified atom stereocenters. The average Bonchev–Trinajstić information content (AvgIpc) is 3.23. The number of rotatable bonds is 8. The van der Waals surface area contributed by atoms with Crippen LogP contribution < -0.4 is 0 Å². The molecule has 0 amide bonds. The van der Waals surface area contributed by atoms with Crippen molar-refractivity contribution >= 4 is 5.97 Å². The summed E-state index contributed by atoms with van der Waals surface area (Å²) in [5, 5.41) is 11.7. The molecular formula is C26H36N3O3+. The van der Waals surface area contributed by atoms with Gasteiger partial charge in [0, 0.05) is 31.2 Å². The number of likely N-dealkylation sites (tertiary alicyclic amines) is 1. The van der Waals surface area contributed by atoms with Crippen LogP contribution in [0.25, 0.3) is 0 Å². The van der Waals surface area contributed by atoms with Crippen molar-refractivity contribution in [2.24, 2.45) is 5.92 Å². The second-order valence-corrected chi connectivity index (χ2v) is 9.70. The fraction of sp³-hybridized carbons (Fsp3) is 0.577. The van der Waals surface area contributed by atoms with Crippen LogP contribution in [-0.2, 0) is 21.6 Å². The maximum Gasteiger partial charge on any atom is 0.343 e. The Balaban J connectivity index is 1.44. The number of aliphatic hydroxyl groups is 1. The van der Waals surface area contributed by atoms with E-state index >= 15 is 0 Å². The topological polar surface area (TPSA) is 72.3 Å². The monoisotopic (exact) mass is 438 g/mol. The molecular weight excluding hydrogens is 402 g/mol. The molecule has 2 aliphatic rings. The molecule has 1 aromatic carbocycles. The highest BCUT2D eigenvalue weighted by Crippen LogP contribution is 2.40. The number of carbonyl (C=O) groups excluding carboxylic acids is 1. The van der Waals surface area contributed by atoms with Crippen LogP contribution in [0.3, 0.4) is 0 Å². The SMILES string of the molecule is C[N+]1(CCc2ncccn2)CCCC1COC(=O)[C@](O)(c1ccccc1)C1CCCCC1. The lowest BCUT2D eigenvalue weighted by molar-refractivity contribution is -0.921. The summed E-state index contributed by atoms with van der Waals surface area (Å²) in [5.41, 5.74) is -0.913. The third kappa shape index (κ3) is 4.86. The Morgan fingerprint density at radius 3 is 2.50 bits per heavy atom. The first-order valence-corrected chi connectivity index (χ1v) is 12.1. The fourth-order valence-corrected chi connectivity index (χ4v) is 5.57. The molecule has 4 rings (SSSR count). The molecule has 6 nitrogen and oxygen atoms in total. The van der Waals surface area contributed by atoms with Crippen molar-refractivity contribution in [2.45, 2.75) is 63.0 Å². The van der Waals surface area contributed by atoms with Gasteiger partial charge in [-0.15, -0.1) is 0 Å². The summed E-state index contributed by atoms with van der Waals surface area (Å²) in [6.45, 7) is 2.31. The van der Waals surface area contributed by atoms with Crippen molar-refractivity contribution in [2.75, 3.05) is 26.7 Å². The zero-order valence-electron chi connectivity index (χ0n) is 19.2.